The van der Waals surface area contributed by atoms with Crippen LogP contribution in [0.2, 0.25) is 0 Å². The molecule has 0 radical (unpaired) electrons. The molecule has 1 atom stereocenters. The number of anilines is 1. The Balaban J connectivity index is 1.88. The van der Waals surface area contributed by atoms with Crippen LogP contribution in [-0.4, -0.2) is 19.1 Å². The summed E-state index contributed by atoms with van der Waals surface area (Å²) in [6.07, 6.45) is 8.24. The largest absolute Gasteiger partial charge is 0.368 e. The lowest BCUT2D eigenvalue weighted by Gasteiger charge is -2.33. The van der Waals surface area contributed by atoms with Crippen molar-refractivity contribution in [2.45, 2.75) is 57.4 Å². The first kappa shape index (κ1) is 13.0. The number of benzene rings is 1. The van der Waals surface area contributed by atoms with Gasteiger partial charge in [0.2, 0.25) is 0 Å². The van der Waals surface area contributed by atoms with Crippen LogP contribution in [0.5, 0.6) is 0 Å². The third-order valence-corrected chi connectivity index (χ3v) is 5.00. The second kappa shape index (κ2) is 5.54. The molecule has 0 saturated heterocycles. The Morgan fingerprint density at radius 2 is 2.05 bits per heavy atom. The van der Waals surface area contributed by atoms with E-state index in [-0.39, 0.29) is 0 Å². The summed E-state index contributed by atoms with van der Waals surface area (Å²) < 4.78 is 0. The molecular weight excluding hydrogens is 232 g/mol. The molecule has 0 spiro atoms. The van der Waals surface area contributed by atoms with Crippen molar-refractivity contribution in [3.8, 4) is 0 Å². The van der Waals surface area contributed by atoms with Gasteiger partial charge in [-0.25, -0.2) is 0 Å². The molecule has 1 aromatic carbocycles. The molecule has 0 amide bonds. The standard InChI is InChI=1S/C17H26N2/c1-13(12-18)15-8-5-9-17-16(15)10-11-19(17)14-6-3-2-4-7-14/h5,8-9,13-14H,2-4,6-7,10-12,18H2,1H3. The smallest absolute Gasteiger partial charge is 0.0404 e. The van der Waals surface area contributed by atoms with E-state index in [1.54, 1.807) is 5.56 Å². The highest BCUT2D eigenvalue weighted by Gasteiger charge is 2.29. The summed E-state index contributed by atoms with van der Waals surface area (Å²) in [6.45, 7) is 4.22. The average molecular weight is 258 g/mol. The van der Waals surface area contributed by atoms with E-state index in [9.17, 15) is 0 Å². The first-order chi connectivity index (χ1) is 9.31. The Labute approximate surface area is 117 Å². The van der Waals surface area contributed by atoms with Gasteiger partial charge in [0.25, 0.3) is 0 Å². The van der Waals surface area contributed by atoms with E-state index in [1.165, 1.54) is 56.3 Å². The fraction of sp³-hybridized carbons (Fsp3) is 0.647. The van der Waals surface area contributed by atoms with Gasteiger partial charge in [0, 0.05) is 18.3 Å². The van der Waals surface area contributed by atoms with E-state index in [2.05, 4.69) is 30.0 Å². The van der Waals surface area contributed by atoms with Gasteiger partial charge in [-0.2, -0.15) is 0 Å². The predicted octanol–water partition coefficient (Wildman–Crippen LogP) is 3.44. The van der Waals surface area contributed by atoms with E-state index >= 15 is 0 Å². The maximum atomic E-state index is 5.86. The summed E-state index contributed by atoms with van der Waals surface area (Å²) in [6, 6.07) is 7.62. The predicted molar refractivity (Wildman–Crippen MR) is 81.8 cm³/mol. The van der Waals surface area contributed by atoms with E-state index in [0.29, 0.717) is 5.92 Å². The average Bonchev–Trinajstić information content (AvgIpc) is 2.91. The lowest BCUT2D eigenvalue weighted by atomic mass is 9.93. The van der Waals surface area contributed by atoms with Gasteiger partial charge in [0.05, 0.1) is 0 Å². The molecule has 1 unspecified atom stereocenters. The molecule has 2 N–H and O–H groups in total. The molecule has 1 aliphatic heterocycles. The Hall–Kier alpha value is -1.02. The van der Waals surface area contributed by atoms with E-state index in [1.807, 2.05) is 0 Å². The van der Waals surface area contributed by atoms with Crippen molar-refractivity contribution in [1.82, 2.24) is 0 Å². The fourth-order valence-corrected chi connectivity index (χ4v) is 3.85. The van der Waals surface area contributed by atoms with Crippen molar-refractivity contribution in [1.29, 1.82) is 0 Å². The minimum atomic E-state index is 0.487. The Morgan fingerprint density at radius 3 is 2.79 bits per heavy atom. The lowest BCUT2D eigenvalue weighted by molar-refractivity contribution is 0.420. The van der Waals surface area contributed by atoms with Crippen LogP contribution in [0.25, 0.3) is 0 Å². The topological polar surface area (TPSA) is 29.3 Å². The summed E-state index contributed by atoms with van der Waals surface area (Å²) >= 11 is 0. The van der Waals surface area contributed by atoms with Gasteiger partial charge in [0.15, 0.2) is 0 Å². The lowest BCUT2D eigenvalue weighted by Crippen LogP contribution is -2.35. The van der Waals surface area contributed by atoms with Crippen molar-refractivity contribution in [2.75, 3.05) is 18.0 Å². The normalized spacial score (nSPS) is 21.5. The van der Waals surface area contributed by atoms with Gasteiger partial charge in [-0.1, -0.05) is 38.3 Å². The number of hydrogen-bond acceptors (Lipinski definition) is 2. The molecular formula is C17H26N2. The van der Waals surface area contributed by atoms with Crippen LogP contribution in [0.1, 0.15) is 56.1 Å². The van der Waals surface area contributed by atoms with Crippen LogP contribution in [-0.2, 0) is 6.42 Å². The van der Waals surface area contributed by atoms with Crippen molar-refractivity contribution in [2.24, 2.45) is 5.73 Å². The Morgan fingerprint density at radius 1 is 1.26 bits per heavy atom. The van der Waals surface area contributed by atoms with Crippen molar-refractivity contribution < 1.29 is 0 Å². The van der Waals surface area contributed by atoms with Gasteiger partial charge in [-0.15, -0.1) is 0 Å². The summed E-state index contributed by atoms with van der Waals surface area (Å²) in [5, 5.41) is 0. The molecule has 1 heterocycles. The Kier molecular flexibility index (Phi) is 3.79. The second-order valence-electron chi connectivity index (χ2n) is 6.22. The summed E-state index contributed by atoms with van der Waals surface area (Å²) in [5.41, 5.74) is 10.4. The van der Waals surface area contributed by atoms with E-state index < -0.39 is 0 Å². The van der Waals surface area contributed by atoms with Gasteiger partial charge < -0.3 is 10.6 Å². The monoisotopic (exact) mass is 258 g/mol. The van der Waals surface area contributed by atoms with Gasteiger partial charge in [-0.3, -0.25) is 0 Å². The van der Waals surface area contributed by atoms with Crippen LogP contribution in [0.4, 0.5) is 5.69 Å². The molecule has 2 nitrogen and oxygen atoms in total. The zero-order chi connectivity index (χ0) is 13.2. The van der Waals surface area contributed by atoms with E-state index in [4.69, 9.17) is 5.73 Å². The second-order valence-corrected chi connectivity index (χ2v) is 6.22. The third-order valence-electron chi connectivity index (χ3n) is 5.00. The van der Waals surface area contributed by atoms with Crippen LogP contribution in [0, 0.1) is 0 Å². The van der Waals surface area contributed by atoms with Crippen LogP contribution < -0.4 is 10.6 Å². The number of hydrogen-bond donors (Lipinski definition) is 1. The maximum Gasteiger partial charge on any atom is 0.0404 e. The highest BCUT2D eigenvalue weighted by Crippen LogP contribution is 2.37. The van der Waals surface area contributed by atoms with Crippen molar-refractivity contribution in [3.05, 3.63) is 29.3 Å². The number of fused-ring (bicyclic) bond motifs is 1. The third kappa shape index (κ3) is 2.38. The quantitative estimate of drug-likeness (QED) is 0.900. The maximum absolute atomic E-state index is 5.86. The van der Waals surface area contributed by atoms with E-state index in [0.717, 1.165) is 12.6 Å². The molecule has 1 aromatic rings. The van der Waals surface area contributed by atoms with Crippen LogP contribution in [0.3, 0.4) is 0 Å². The van der Waals surface area contributed by atoms with Gasteiger partial charge in [-0.05, 0) is 48.9 Å². The highest BCUT2D eigenvalue weighted by molar-refractivity contribution is 5.62. The minimum Gasteiger partial charge on any atom is -0.368 e. The number of nitrogens with two attached hydrogens (primary N) is 1. The van der Waals surface area contributed by atoms with Gasteiger partial charge in [0.1, 0.15) is 0 Å². The molecule has 3 rings (SSSR count). The summed E-state index contributed by atoms with van der Waals surface area (Å²) in [7, 11) is 0. The Bertz CT molecular complexity index is 435. The number of rotatable bonds is 3. The van der Waals surface area contributed by atoms with Crippen molar-refractivity contribution >= 4 is 5.69 Å². The van der Waals surface area contributed by atoms with Crippen LogP contribution >= 0.6 is 0 Å². The number of nitrogens with zero attached hydrogens (tertiary/aromatic N) is 1. The molecule has 2 aliphatic rings. The molecule has 1 aliphatic carbocycles. The summed E-state index contributed by atoms with van der Waals surface area (Å²) in [4.78, 5) is 2.68. The van der Waals surface area contributed by atoms with Crippen LogP contribution in [0.15, 0.2) is 18.2 Å². The van der Waals surface area contributed by atoms with Gasteiger partial charge >= 0.3 is 0 Å². The molecule has 1 fully saturated rings. The molecule has 1 saturated carbocycles. The zero-order valence-corrected chi connectivity index (χ0v) is 12.1. The fourth-order valence-electron chi connectivity index (χ4n) is 3.85. The first-order valence-corrected chi connectivity index (χ1v) is 7.89. The first-order valence-electron chi connectivity index (χ1n) is 7.89. The highest BCUT2D eigenvalue weighted by atomic mass is 15.2. The summed E-state index contributed by atoms with van der Waals surface area (Å²) in [5.74, 6) is 0.487. The zero-order valence-electron chi connectivity index (χ0n) is 12.1. The molecule has 0 bridgehead atoms. The minimum absolute atomic E-state index is 0.487. The van der Waals surface area contributed by atoms with Crippen molar-refractivity contribution in [3.63, 3.8) is 0 Å². The molecule has 2 heteroatoms. The molecule has 19 heavy (non-hydrogen) atoms. The SMILES string of the molecule is CC(CN)c1cccc2c1CCN2C1CCCCC1. The molecule has 0 aromatic heterocycles. The molecule has 104 valence electrons.